The van der Waals surface area contributed by atoms with Gasteiger partial charge in [0.1, 0.15) is 0 Å². The highest BCUT2D eigenvalue weighted by molar-refractivity contribution is 5.93. The van der Waals surface area contributed by atoms with Crippen LogP contribution in [-0.4, -0.2) is 29.7 Å². The maximum absolute atomic E-state index is 13.3. The Hall–Kier alpha value is -2.58. The van der Waals surface area contributed by atoms with Gasteiger partial charge in [0.2, 0.25) is 5.91 Å². The smallest absolute Gasteiger partial charge is 0.392 e. The van der Waals surface area contributed by atoms with E-state index in [9.17, 15) is 23.1 Å². The summed E-state index contributed by atoms with van der Waals surface area (Å²) in [7, 11) is 0. The molecule has 8 heteroatoms. The second kappa shape index (κ2) is 9.73. The molecule has 0 aromatic heterocycles. The van der Waals surface area contributed by atoms with Crippen LogP contribution >= 0.6 is 0 Å². The zero-order valence-corrected chi connectivity index (χ0v) is 18.6. The van der Waals surface area contributed by atoms with Crippen LogP contribution in [0.2, 0.25) is 0 Å². The van der Waals surface area contributed by atoms with Gasteiger partial charge < -0.3 is 21.1 Å². The molecule has 2 aromatic carbocycles. The summed E-state index contributed by atoms with van der Waals surface area (Å²) < 4.78 is 39.8. The van der Waals surface area contributed by atoms with Crippen molar-refractivity contribution in [3.8, 4) is 0 Å². The van der Waals surface area contributed by atoms with Crippen LogP contribution in [0.4, 0.5) is 24.5 Å². The molecule has 1 heterocycles. The van der Waals surface area contributed by atoms with Gasteiger partial charge in [0, 0.05) is 30.0 Å². The number of anilines is 2. The van der Waals surface area contributed by atoms with Gasteiger partial charge in [-0.1, -0.05) is 31.0 Å². The standard InChI is InChI=1S/C25H30F3N3O2/c1-15-6-9-19(12-22(15)25(26,27)28)31-24(33)21-13-20(32)14-29-23(21)16-7-10-18(11-8-16)30-17-4-2-3-5-17/h6-12,17,20-21,23,29-30,32H,2-5,13-14H2,1H3,(H,31,33). The maximum atomic E-state index is 13.3. The van der Waals surface area contributed by atoms with Crippen molar-refractivity contribution in [2.75, 3.05) is 17.2 Å². The van der Waals surface area contributed by atoms with Crippen molar-refractivity contribution < 1.29 is 23.1 Å². The van der Waals surface area contributed by atoms with E-state index in [1.165, 1.54) is 44.7 Å². The molecule has 2 aliphatic rings. The number of rotatable bonds is 5. The van der Waals surface area contributed by atoms with Gasteiger partial charge in [-0.2, -0.15) is 13.2 Å². The fourth-order valence-electron chi connectivity index (χ4n) is 4.86. The van der Waals surface area contributed by atoms with E-state index in [-0.39, 0.29) is 23.7 Å². The number of aliphatic hydroxyl groups is 1. The van der Waals surface area contributed by atoms with Crippen LogP contribution in [-0.2, 0) is 11.0 Å². The molecule has 3 atom stereocenters. The molecule has 4 N–H and O–H groups in total. The monoisotopic (exact) mass is 461 g/mol. The van der Waals surface area contributed by atoms with Crippen molar-refractivity contribution in [3.05, 3.63) is 59.2 Å². The number of hydrogen-bond acceptors (Lipinski definition) is 4. The van der Waals surface area contributed by atoms with E-state index in [0.717, 1.165) is 17.3 Å². The maximum Gasteiger partial charge on any atom is 0.416 e. The third-order valence-electron chi connectivity index (χ3n) is 6.64. The Morgan fingerprint density at radius 1 is 1.06 bits per heavy atom. The number of alkyl halides is 3. The van der Waals surface area contributed by atoms with Crippen molar-refractivity contribution in [1.29, 1.82) is 0 Å². The SMILES string of the molecule is Cc1ccc(NC(=O)C2CC(O)CNC2c2ccc(NC3CCCC3)cc2)cc1C(F)(F)F. The Bertz CT molecular complexity index is 972. The van der Waals surface area contributed by atoms with Crippen LogP contribution in [0, 0.1) is 12.8 Å². The molecule has 1 amide bonds. The van der Waals surface area contributed by atoms with E-state index in [1.807, 2.05) is 24.3 Å². The zero-order chi connectivity index (χ0) is 23.6. The van der Waals surface area contributed by atoms with E-state index in [4.69, 9.17) is 0 Å². The third-order valence-corrected chi connectivity index (χ3v) is 6.64. The van der Waals surface area contributed by atoms with E-state index in [0.29, 0.717) is 12.6 Å². The number of carbonyl (C=O) groups excluding carboxylic acids is 1. The molecule has 1 aliphatic heterocycles. The number of β-amino-alcohol motifs (C(OH)–C–C–N with tert-alkyl or cyclic N) is 1. The summed E-state index contributed by atoms with van der Waals surface area (Å²) in [5.74, 6) is -1.05. The molecule has 2 fully saturated rings. The first kappa shape index (κ1) is 23.6. The summed E-state index contributed by atoms with van der Waals surface area (Å²) in [5, 5.41) is 19.5. The molecule has 1 saturated carbocycles. The Morgan fingerprint density at radius 3 is 2.39 bits per heavy atom. The van der Waals surface area contributed by atoms with E-state index < -0.39 is 29.7 Å². The quantitative estimate of drug-likeness (QED) is 0.505. The lowest BCUT2D eigenvalue weighted by Crippen LogP contribution is -2.46. The Kier molecular flexibility index (Phi) is 6.95. The van der Waals surface area contributed by atoms with Crippen LogP contribution < -0.4 is 16.0 Å². The average molecular weight is 462 g/mol. The average Bonchev–Trinajstić information content (AvgIpc) is 3.28. The Labute approximate surface area is 191 Å². The van der Waals surface area contributed by atoms with E-state index in [2.05, 4.69) is 16.0 Å². The van der Waals surface area contributed by atoms with Crippen LogP contribution in [0.3, 0.4) is 0 Å². The first-order valence-corrected chi connectivity index (χ1v) is 11.5. The first-order chi connectivity index (χ1) is 15.7. The van der Waals surface area contributed by atoms with Crippen molar-refractivity contribution in [3.63, 3.8) is 0 Å². The molecular weight excluding hydrogens is 431 g/mol. The highest BCUT2D eigenvalue weighted by atomic mass is 19.4. The molecule has 1 aliphatic carbocycles. The molecule has 5 nitrogen and oxygen atoms in total. The lowest BCUT2D eigenvalue weighted by Gasteiger charge is -2.35. The summed E-state index contributed by atoms with van der Waals surface area (Å²) in [6.07, 6.45) is -0.154. The minimum atomic E-state index is -4.50. The fourth-order valence-corrected chi connectivity index (χ4v) is 4.86. The summed E-state index contributed by atoms with van der Waals surface area (Å²) in [6, 6.07) is 11.8. The predicted octanol–water partition coefficient (Wildman–Crippen LogP) is 5.02. The predicted molar refractivity (Wildman–Crippen MR) is 122 cm³/mol. The molecule has 0 bridgehead atoms. The molecular formula is C25H30F3N3O2. The Morgan fingerprint density at radius 2 is 1.73 bits per heavy atom. The molecule has 33 heavy (non-hydrogen) atoms. The number of aliphatic hydroxyl groups excluding tert-OH is 1. The van der Waals surface area contributed by atoms with Gasteiger partial charge >= 0.3 is 6.18 Å². The summed E-state index contributed by atoms with van der Waals surface area (Å²) >= 11 is 0. The lowest BCUT2D eigenvalue weighted by molar-refractivity contribution is -0.138. The van der Waals surface area contributed by atoms with Gasteiger partial charge in [-0.05, 0) is 61.6 Å². The summed E-state index contributed by atoms with van der Waals surface area (Å²) in [6.45, 7) is 1.73. The fraction of sp³-hybridized carbons (Fsp3) is 0.480. The van der Waals surface area contributed by atoms with Gasteiger partial charge in [-0.15, -0.1) is 0 Å². The number of piperidine rings is 1. The van der Waals surface area contributed by atoms with Gasteiger partial charge in [0.25, 0.3) is 0 Å². The molecule has 4 rings (SSSR count). The van der Waals surface area contributed by atoms with Crippen molar-refractivity contribution in [2.45, 2.75) is 63.4 Å². The summed E-state index contributed by atoms with van der Waals surface area (Å²) in [4.78, 5) is 13.1. The number of halogens is 3. The van der Waals surface area contributed by atoms with Gasteiger partial charge in [0.15, 0.2) is 0 Å². The lowest BCUT2D eigenvalue weighted by atomic mass is 9.84. The van der Waals surface area contributed by atoms with Crippen molar-refractivity contribution in [1.82, 2.24) is 5.32 Å². The highest BCUT2D eigenvalue weighted by Crippen LogP contribution is 2.35. The van der Waals surface area contributed by atoms with Crippen LogP contribution in [0.1, 0.15) is 54.8 Å². The van der Waals surface area contributed by atoms with Crippen molar-refractivity contribution in [2.24, 2.45) is 5.92 Å². The minimum Gasteiger partial charge on any atom is -0.392 e. The third kappa shape index (κ3) is 5.68. The number of nitrogens with one attached hydrogen (secondary N) is 3. The molecule has 0 spiro atoms. The van der Waals surface area contributed by atoms with Crippen LogP contribution in [0.15, 0.2) is 42.5 Å². The first-order valence-electron chi connectivity index (χ1n) is 11.5. The second-order valence-electron chi connectivity index (χ2n) is 9.15. The van der Waals surface area contributed by atoms with Gasteiger partial charge in [0.05, 0.1) is 17.6 Å². The second-order valence-corrected chi connectivity index (χ2v) is 9.15. The number of amides is 1. The van der Waals surface area contributed by atoms with Crippen molar-refractivity contribution >= 4 is 17.3 Å². The molecule has 0 radical (unpaired) electrons. The number of aryl methyl sites for hydroxylation is 1. The topological polar surface area (TPSA) is 73.4 Å². The molecule has 2 aromatic rings. The van der Waals surface area contributed by atoms with Gasteiger partial charge in [-0.3, -0.25) is 4.79 Å². The molecule has 1 saturated heterocycles. The number of carbonyl (C=O) groups is 1. The summed E-state index contributed by atoms with van der Waals surface area (Å²) in [5.41, 5.74) is 1.34. The van der Waals surface area contributed by atoms with E-state index in [1.54, 1.807) is 0 Å². The minimum absolute atomic E-state index is 0.0906. The zero-order valence-electron chi connectivity index (χ0n) is 18.6. The molecule has 178 valence electrons. The normalized spacial score (nSPS) is 24.0. The van der Waals surface area contributed by atoms with Gasteiger partial charge in [-0.25, -0.2) is 0 Å². The number of benzene rings is 2. The Balaban J connectivity index is 1.49. The largest absolute Gasteiger partial charge is 0.416 e. The molecule has 3 unspecified atom stereocenters. The van der Waals surface area contributed by atoms with Crippen LogP contribution in [0.5, 0.6) is 0 Å². The van der Waals surface area contributed by atoms with E-state index >= 15 is 0 Å². The van der Waals surface area contributed by atoms with Crippen LogP contribution in [0.25, 0.3) is 0 Å². The highest BCUT2D eigenvalue weighted by Gasteiger charge is 2.36. The number of hydrogen-bond donors (Lipinski definition) is 4.